The molecule has 1 aromatic rings. The van der Waals surface area contributed by atoms with Gasteiger partial charge in [0.15, 0.2) is 4.87 Å². The van der Waals surface area contributed by atoms with Crippen LogP contribution >= 0.6 is 11.6 Å². The fourth-order valence-corrected chi connectivity index (χ4v) is 2.77. The lowest BCUT2D eigenvalue weighted by atomic mass is 9.74. The Hall–Kier alpha value is -1.06. The summed E-state index contributed by atoms with van der Waals surface area (Å²) in [5.41, 5.74) is 0.469. The van der Waals surface area contributed by atoms with Gasteiger partial charge in [0.25, 0.3) is 0 Å². The second-order valence-electron chi connectivity index (χ2n) is 6.18. The maximum Gasteiger partial charge on any atom is 0.249 e. The number of benzene rings is 1. The Labute approximate surface area is 125 Å². The number of alkyl halides is 1. The van der Waals surface area contributed by atoms with Crippen LogP contribution in [0.25, 0.3) is 0 Å². The molecule has 1 aromatic carbocycles. The fourth-order valence-electron chi connectivity index (χ4n) is 2.53. The Morgan fingerprint density at radius 2 is 1.70 bits per heavy atom. The van der Waals surface area contributed by atoms with Crippen LogP contribution in [-0.4, -0.2) is 37.1 Å². The number of nitrogens with zero attached hydrogens (tertiary/aromatic N) is 1. The number of hydrogen-bond donors (Lipinski definition) is 0. The van der Waals surface area contributed by atoms with E-state index in [4.69, 9.17) is 16.3 Å². The van der Waals surface area contributed by atoms with Gasteiger partial charge < -0.3 is 9.64 Å². The van der Waals surface area contributed by atoms with Gasteiger partial charge in [-0.2, -0.15) is 0 Å². The molecule has 1 amide bonds. The van der Waals surface area contributed by atoms with Gasteiger partial charge in [0.05, 0.1) is 13.2 Å². The first kappa shape index (κ1) is 15.3. The van der Waals surface area contributed by atoms with Crippen molar-refractivity contribution in [3.63, 3.8) is 0 Å². The molecule has 0 bridgehead atoms. The fraction of sp³-hybridized carbons (Fsp3) is 0.562. The number of hydrogen-bond acceptors (Lipinski definition) is 2. The highest BCUT2D eigenvalue weighted by molar-refractivity contribution is 6.35. The van der Waals surface area contributed by atoms with E-state index >= 15 is 0 Å². The van der Waals surface area contributed by atoms with Crippen LogP contribution < -0.4 is 0 Å². The van der Waals surface area contributed by atoms with Gasteiger partial charge in [0.2, 0.25) is 5.91 Å². The largest absolute Gasteiger partial charge is 0.378 e. The summed E-state index contributed by atoms with van der Waals surface area (Å²) in [6.45, 7) is 8.39. The van der Waals surface area contributed by atoms with E-state index in [9.17, 15) is 4.79 Å². The number of rotatable bonds is 2. The van der Waals surface area contributed by atoms with Gasteiger partial charge in [0.1, 0.15) is 0 Å². The first-order valence-corrected chi connectivity index (χ1v) is 7.37. The minimum absolute atomic E-state index is 0.0267. The highest BCUT2D eigenvalue weighted by atomic mass is 35.5. The lowest BCUT2D eigenvalue weighted by Gasteiger charge is -2.42. The Balaban J connectivity index is 2.40. The number of amides is 1. The van der Waals surface area contributed by atoms with Crippen molar-refractivity contribution in [2.24, 2.45) is 5.41 Å². The van der Waals surface area contributed by atoms with Gasteiger partial charge in [-0.3, -0.25) is 4.79 Å². The molecule has 1 atom stereocenters. The van der Waals surface area contributed by atoms with Crippen molar-refractivity contribution in [1.29, 1.82) is 0 Å². The zero-order chi connectivity index (χ0) is 14.8. The van der Waals surface area contributed by atoms with E-state index in [1.807, 2.05) is 56.0 Å². The van der Waals surface area contributed by atoms with Crippen molar-refractivity contribution in [3.05, 3.63) is 35.9 Å². The van der Waals surface area contributed by atoms with Gasteiger partial charge >= 0.3 is 0 Å². The van der Waals surface area contributed by atoms with E-state index in [2.05, 4.69) is 0 Å². The van der Waals surface area contributed by atoms with Crippen LogP contribution in [0.2, 0.25) is 0 Å². The number of morpholine rings is 1. The van der Waals surface area contributed by atoms with Crippen LogP contribution in [0.4, 0.5) is 0 Å². The molecule has 0 spiro atoms. The van der Waals surface area contributed by atoms with Gasteiger partial charge in [-0.25, -0.2) is 0 Å². The molecule has 1 fully saturated rings. The Bertz CT molecular complexity index is 463. The lowest BCUT2D eigenvalue weighted by molar-refractivity contribution is -0.141. The third-order valence-electron chi connectivity index (χ3n) is 3.80. The zero-order valence-electron chi connectivity index (χ0n) is 12.4. The highest BCUT2D eigenvalue weighted by Crippen LogP contribution is 2.46. The topological polar surface area (TPSA) is 29.5 Å². The maximum absolute atomic E-state index is 13.0. The van der Waals surface area contributed by atoms with E-state index in [0.717, 1.165) is 5.56 Å². The molecule has 1 saturated heterocycles. The molecule has 1 aliphatic heterocycles. The Kier molecular flexibility index (Phi) is 4.40. The van der Waals surface area contributed by atoms with E-state index in [1.165, 1.54) is 0 Å². The molecular formula is C16H22ClNO2. The Morgan fingerprint density at radius 3 is 2.20 bits per heavy atom. The van der Waals surface area contributed by atoms with Crippen LogP contribution in [0, 0.1) is 5.41 Å². The van der Waals surface area contributed by atoms with Crippen molar-refractivity contribution in [3.8, 4) is 0 Å². The van der Waals surface area contributed by atoms with Crippen molar-refractivity contribution < 1.29 is 9.53 Å². The summed E-state index contributed by atoms with van der Waals surface area (Å²) in [4.78, 5) is 13.8. The summed E-state index contributed by atoms with van der Waals surface area (Å²) < 4.78 is 5.32. The van der Waals surface area contributed by atoms with Crippen LogP contribution in [0.15, 0.2) is 30.3 Å². The lowest BCUT2D eigenvalue weighted by Crippen LogP contribution is -2.53. The average Bonchev–Trinajstić information content (AvgIpc) is 2.46. The molecule has 110 valence electrons. The van der Waals surface area contributed by atoms with E-state index in [-0.39, 0.29) is 11.3 Å². The molecule has 20 heavy (non-hydrogen) atoms. The molecule has 4 heteroatoms. The summed E-state index contributed by atoms with van der Waals surface area (Å²) in [7, 11) is 0. The summed E-state index contributed by atoms with van der Waals surface area (Å²) in [5.74, 6) is -0.0267. The van der Waals surface area contributed by atoms with Crippen LogP contribution in [0.1, 0.15) is 26.3 Å². The van der Waals surface area contributed by atoms with Crippen molar-refractivity contribution >= 4 is 17.5 Å². The zero-order valence-corrected chi connectivity index (χ0v) is 13.1. The third-order valence-corrected chi connectivity index (χ3v) is 4.74. The summed E-state index contributed by atoms with van der Waals surface area (Å²) in [6, 6.07) is 9.63. The quantitative estimate of drug-likeness (QED) is 0.785. The first-order chi connectivity index (χ1) is 9.37. The monoisotopic (exact) mass is 295 g/mol. The number of ether oxygens (including phenoxy) is 1. The normalized spacial score (nSPS) is 19.5. The number of halogens is 1. The van der Waals surface area contributed by atoms with Gasteiger partial charge in [0, 0.05) is 13.1 Å². The van der Waals surface area contributed by atoms with Crippen molar-refractivity contribution in [2.45, 2.75) is 25.6 Å². The minimum atomic E-state index is -1.05. The second-order valence-corrected chi connectivity index (χ2v) is 6.75. The number of carbonyl (C=O) groups is 1. The summed E-state index contributed by atoms with van der Waals surface area (Å²) in [6.07, 6.45) is 0. The second kappa shape index (κ2) is 5.74. The SMILES string of the molecule is CC(C)(C)C(Cl)(C(=O)N1CCOCC1)c1ccccc1. The molecule has 2 rings (SSSR count). The first-order valence-electron chi connectivity index (χ1n) is 6.99. The molecule has 0 aromatic heterocycles. The third kappa shape index (κ3) is 2.70. The number of carbonyl (C=O) groups excluding carboxylic acids is 1. The van der Waals surface area contributed by atoms with E-state index < -0.39 is 4.87 Å². The predicted octanol–water partition coefficient (Wildman–Crippen LogP) is 3.03. The average molecular weight is 296 g/mol. The van der Waals surface area contributed by atoms with Gasteiger partial charge in [-0.15, -0.1) is 11.6 Å². The summed E-state index contributed by atoms with van der Waals surface area (Å²) in [5, 5.41) is 0. The van der Waals surface area contributed by atoms with Gasteiger partial charge in [-0.1, -0.05) is 51.1 Å². The maximum atomic E-state index is 13.0. The minimum Gasteiger partial charge on any atom is -0.378 e. The van der Waals surface area contributed by atoms with E-state index in [0.29, 0.717) is 26.3 Å². The van der Waals surface area contributed by atoms with Crippen LogP contribution in [-0.2, 0) is 14.4 Å². The molecule has 0 radical (unpaired) electrons. The van der Waals surface area contributed by atoms with E-state index in [1.54, 1.807) is 0 Å². The summed E-state index contributed by atoms with van der Waals surface area (Å²) >= 11 is 6.89. The van der Waals surface area contributed by atoms with Crippen molar-refractivity contribution in [2.75, 3.05) is 26.3 Å². The predicted molar refractivity (Wildman–Crippen MR) is 80.8 cm³/mol. The van der Waals surface area contributed by atoms with Gasteiger partial charge in [-0.05, 0) is 11.0 Å². The molecule has 3 nitrogen and oxygen atoms in total. The molecule has 0 N–H and O–H groups in total. The highest BCUT2D eigenvalue weighted by Gasteiger charge is 2.50. The van der Waals surface area contributed by atoms with Crippen LogP contribution in [0.5, 0.6) is 0 Å². The molecule has 1 aliphatic rings. The molecule has 0 saturated carbocycles. The molecule has 1 heterocycles. The van der Waals surface area contributed by atoms with Crippen LogP contribution in [0.3, 0.4) is 0 Å². The molecule has 1 unspecified atom stereocenters. The smallest absolute Gasteiger partial charge is 0.249 e. The molecular weight excluding hydrogens is 274 g/mol. The standard InChI is InChI=1S/C16H22ClNO2/c1-15(2,3)16(17,13-7-5-4-6-8-13)14(19)18-9-11-20-12-10-18/h4-8H,9-12H2,1-3H3. The van der Waals surface area contributed by atoms with Crippen molar-refractivity contribution in [1.82, 2.24) is 4.90 Å². The molecule has 0 aliphatic carbocycles. The Morgan fingerprint density at radius 1 is 1.15 bits per heavy atom.